The second-order valence-electron chi connectivity index (χ2n) is 11.6. The highest BCUT2D eigenvalue weighted by molar-refractivity contribution is 6.13. The Balaban J connectivity index is 1.16. The smallest absolute Gasteiger partial charge is 0.227 e. The van der Waals surface area contributed by atoms with Crippen molar-refractivity contribution in [3.63, 3.8) is 0 Å². The fourth-order valence-electron chi connectivity index (χ4n) is 6.40. The van der Waals surface area contributed by atoms with Crippen molar-refractivity contribution in [2.75, 3.05) is 4.90 Å². The molecule has 0 radical (unpaired) electrons. The summed E-state index contributed by atoms with van der Waals surface area (Å²) in [6.45, 7) is 0. The minimum Gasteiger partial charge on any atom is -0.454 e. The molecule has 0 atom stereocenters. The Labute approximate surface area is 271 Å². The Hall–Kier alpha value is -6.39. The van der Waals surface area contributed by atoms with Crippen LogP contribution in [0.25, 0.3) is 66.7 Å². The summed E-state index contributed by atoms with van der Waals surface area (Å²) in [6, 6.07) is 58.7. The normalized spacial score (nSPS) is 11.4. The summed E-state index contributed by atoms with van der Waals surface area (Å²) in [5.74, 6) is 0.600. The molecule has 0 spiro atoms. The molecule has 0 fully saturated rings. The van der Waals surface area contributed by atoms with Crippen LogP contribution in [0.15, 0.2) is 179 Å². The molecular weight excluding hydrogens is 576 g/mol. The van der Waals surface area contributed by atoms with Gasteiger partial charge in [0.2, 0.25) is 5.89 Å². The van der Waals surface area contributed by atoms with Crippen molar-refractivity contribution >= 4 is 50.1 Å². The largest absolute Gasteiger partial charge is 0.454 e. The monoisotopic (exact) mass is 604 g/mol. The summed E-state index contributed by atoms with van der Waals surface area (Å²) in [5.41, 5.74) is 11.8. The van der Waals surface area contributed by atoms with Crippen LogP contribution in [0.3, 0.4) is 0 Å². The highest BCUT2D eigenvalue weighted by Crippen LogP contribution is 2.43. The predicted molar refractivity (Wildman–Crippen MR) is 192 cm³/mol. The molecule has 0 amide bonds. The molecule has 7 aromatic carbocycles. The fraction of sp³-hybridized carbons (Fsp3) is 0. The molecule has 4 heteroatoms. The first kappa shape index (κ1) is 27.0. The number of nitrogens with zero attached hydrogens (tertiary/aromatic N) is 2. The molecule has 0 saturated carbocycles. The maximum Gasteiger partial charge on any atom is 0.227 e. The number of benzene rings is 7. The summed E-state index contributed by atoms with van der Waals surface area (Å²) in [5, 5.41) is 2.01. The Morgan fingerprint density at radius 1 is 0.404 bits per heavy atom. The van der Waals surface area contributed by atoms with E-state index >= 15 is 0 Å². The van der Waals surface area contributed by atoms with Crippen LogP contribution in [0, 0.1) is 0 Å². The lowest BCUT2D eigenvalue weighted by Gasteiger charge is -2.26. The van der Waals surface area contributed by atoms with Crippen LogP contribution in [0.2, 0.25) is 0 Å². The molecule has 0 unspecified atom stereocenters. The summed E-state index contributed by atoms with van der Waals surface area (Å²) in [7, 11) is 0. The number of rotatable bonds is 6. The number of oxazole rings is 1. The van der Waals surface area contributed by atoms with E-state index in [-0.39, 0.29) is 0 Å². The summed E-state index contributed by atoms with van der Waals surface area (Å²) < 4.78 is 12.9. The van der Waals surface area contributed by atoms with Crippen LogP contribution in [0.5, 0.6) is 0 Å². The van der Waals surface area contributed by atoms with Gasteiger partial charge in [-0.1, -0.05) is 115 Å². The van der Waals surface area contributed by atoms with Gasteiger partial charge in [0.25, 0.3) is 0 Å². The van der Waals surface area contributed by atoms with E-state index in [1.165, 1.54) is 11.1 Å². The number of aromatic nitrogens is 1. The first-order valence-corrected chi connectivity index (χ1v) is 15.7. The Morgan fingerprint density at radius 2 is 1.00 bits per heavy atom. The standard InChI is InChI=1S/C43H28N2O2/c1-4-12-29(13-5-1)30-22-24-31(25-23-30)33-16-10-19-35(26-33)45(34-17-8-3-9-18-34)39-21-11-20-36-37-27-41-38(28-40(37)46-42(36)39)44-43(47-41)32-14-6-2-7-15-32/h1-28H. The van der Waals surface area contributed by atoms with Gasteiger partial charge < -0.3 is 13.7 Å². The maximum atomic E-state index is 6.68. The average molecular weight is 605 g/mol. The van der Waals surface area contributed by atoms with E-state index in [1.54, 1.807) is 0 Å². The molecule has 0 saturated heterocycles. The van der Waals surface area contributed by atoms with Gasteiger partial charge in [0.1, 0.15) is 11.1 Å². The molecule has 47 heavy (non-hydrogen) atoms. The third-order valence-electron chi connectivity index (χ3n) is 8.69. The fourth-order valence-corrected chi connectivity index (χ4v) is 6.40. The number of hydrogen-bond acceptors (Lipinski definition) is 4. The molecule has 0 aliphatic carbocycles. The second-order valence-corrected chi connectivity index (χ2v) is 11.6. The van der Waals surface area contributed by atoms with Gasteiger partial charge in [-0.05, 0) is 70.8 Å². The van der Waals surface area contributed by atoms with E-state index in [9.17, 15) is 0 Å². The highest BCUT2D eigenvalue weighted by atomic mass is 16.4. The number of fused-ring (bicyclic) bond motifs is 4. The van der Waals surface area contributed by atoms with Crippen molar-refractivity contribution in [1.82, 2.24) is 4.98 Å². The Bertz CT molecular complexity index is 2500. The van der Waals surface area contributed by atoms with E-state index in [0.717, 1.165) is 66.8 Å². The molecule has 0 aliphatic heterocycles. The van der Waals surface area contributed by atoms with Crippen LogP contribution >= 0.6 is 0 Å². The molecule has 222 valence electrons. The van der Waals surface area contributed by atoms with Gasteiger partial charge in [0.15, 0.2) is 11.2 Å². The Morgan fingerprint density at radius 3 is 1.74 bits per heavy atom. The van der Waals surface area contributed by atoms with Crippen molar-refractivity contribution in [3.8, 4) is 33.7 Å². The van der Waals surface area contributed by atoms with Gasteiger partial charge >= 0.3 is 0 Å². The number of hydrogen-bond donors (Lipinski definition) is 0. The van der Waals surface area contributed by atoms with Gasteiger partial charge in [0.05, 0.1) is 5.69 Å². The average Bonchev–Trinajstić information content (AvgIpc) is 3.73. The Kier molecular flexibility index (Phi) is 6.43. The molecule has 9 rings (SSSR count). The van der Waals surface area contributed by atoms with Crippen molar-refractivity contribution in [2.45, 2.75) is 0 Å². The van der Waals surface area contributed by atoms with E-state index in [2.05, 4.69) is 120 Å². The topological polar surface area (TPSA) is 42.4 Å². The van der Waals surface area contributed by atoms with Crippen LogP contribution in [-0.2, 0) is 0 Å². The van der Waals surface area contributed by atoms with Crippen molar-refractivity contribution in [2.24, 2.45) is 0 Å². The SMILES string of the molecule is c1ccc(-c2ccc(-c3cccc(N(c4ccccc4)c4cccc5c4oc4cc6nc(-c7ccccc7)oc6cc45)c3)cc2)cc1. The number of anilines is 3. The third kappa shape index (κ3) is 4.84. The molecule has 2 heterocycles. The van der Waals surface area contributed by atoms with Gasteiger partial charge in [-0.15, -0.1) is 0 Å². The first-order chi connectivity index (χ1) is 23.3. The van der Waals surface area contributed by atoms with Crippen molar-refractivity contribution < 1.29 is 8.83 Å². The quantitative estimate of drug-likeness (QED) is 0.189. The van der Waals surface area contributed by atoms with Gasteiger partial charge in [-0.25, -0.2) is 4.98 Å². The summed E-state index contributed by atoms with van der Waals surface area (Å²) >= 11 is 0. The van der Waals surface area contributed by atoms with Crippen LogP contribution in [0.4, 0.5) is 17.1 Å². The number of para-hydroxylation sites is 2. The lowest BCUT2D eigenvalue weighted by atomic mass is 9.99. The van der Waals surface area contributed by atoms with Crippen molar-refractivity contribution in [3.05, 3.63) is 170 Å². The predicted octanol–water partition coefficient (Wildman–Crippen LogP) is 12.2. The van der Waals surface area contributed by atoms with Crippen LogP contribution < -0.4 is 4.90 Å². The van der Waals surface area contributed by atoms with E-state index in [0.29, 0.717) is 5.89 Å². The zero-order valence-electron chi connectivity index (χ0n) is 25.4. The first-order valence-electron chi connectivity index (χ1n) is 15.7. The lowest BCUT2D eigenvalue weighted by Crippen LogP contribution is -2.10. The molecule has 0 N–H and O–H groups in total. The zero-order valence-corrected chi connectivity index (χ0v) is 25.4. The van der Waals surface area contributed by atoms with Crippen LogP contribution in [-0.4, -0.2) is 4.98 Å². The molecule has 9 aromatic rings. The summed E-state index contributed by atoms with van der Waals surface area (Å²) in [6.07, 6.45) is 0. The molecular formula is C43H28N2O2. The van der Waals surface area contributed by atoms with Gasteiger partial charge in [-0.3, -0.25) is 0 Å². The zero-order chi connectivity index (χ0) is 31.2. The summed E-state index contributed by atoms with van der Waals surface area (Å²) in [4.78, 5) is 7.05. The highest BCUT2D eigenvalue weighted by Gasteiger charge is 2.21. The third-order valence-corrected chi connectivity index (χ3v) is 8.69. The maximum absolute atomic E-state index is 6.68. The second kappa shape index (κ2) is 11.2. The molecule has 0 aliphatic rings. The minimum absolute atomic E-state index is 0.600. The van der Waals surface area contributed by atoms with Gasteiger partial charge in [0, 0.05) is 33.8 Å². The molecule has 2 aromatic heterocycles. The van der Waals surface area contributed by atoms with E-state index < -0.39 is 0 Å². The molecule has 0 bridgehead atoms. The number of furan rings is 1. The van der Waals surface area contributed by atoms with Crippen molar-refractivity contribution in [1.29, 1.82) is 0 Å². The molecule has 4 nitrogen and oxygen atoms in total. The minimum atomic E-state index is 0.600. The van der Waals surface area contributed by atoms with Gasteiger partial charge in [-0.2, -0.15) is 0 Å². The van der Waals surface area contributed by atoms with E-state index in [1.807, 2.05) is 54.6 Å². The lowest BCUT2D eigenvalue weighted by molar-refractivity contribution is 0.620. The van der Waals surface area contributed by atoms with E-state index in [4.69, 9.17) is 13.8 Å². The van der Waals surface area contributed by atoms with Crippen LogP contribution in [0.1, 0.15) is 0 Å².